The third-order valence-corrected chi connectivity index (χ3v) is 4.48. The van der Waals surface area contributed by atoms with Crippen LogP contribution in [0.3, 0.4) is 0 Å². The van der Waals surface area contributed by atoms with Crippen molar-refractivity contribution >= 4 is 17.7 Å². The van der Waals surface area contributed by atoms with E-state index in [2.05, 4.69) is 20.5 Å². The quantitative estimate of drug-likeness (QED) is 0.675. The Balaban J connectivity index is 1.72. The number of benzene rings is 2. The third-order valence-electron chi connectivity index (χ3n) is 3.34. The van der Waals surface area contributed by atoms with Crippen molar-refractivity contribution < 1.29 is 9.18 Å². The number of amides is 1. The molecule has 0 aliphatic heterocycles. The van der Waals surface area contributed by atoms with Gasteiger partial charge in [0.25, 0.3) is 0 Å². The highest BCUT2D eigenvalue weighted by molar-refractivity contribution is 8.00. The minimum atomic E-state index is -0.459. The zero-order valence-corrected chi connectivity index (χ0v) is 13.5. The Hall–Kier alpha value is -2.67. The number of carbonyl (C=O) groups is 1. The number of hydrogen-bond acceptors (Lipinski definition) is 4. The summed E-state index contributed by atoms with van der Waals surface area (Å²) in [7, 11) is 0. The number of rotatable bonds is 6. The van der Waals surface area contributed by atoms with Crippen LogP contribution in [0.15, 0.2) is 66.1 Å². The van der Waals surface area contributed by atoms with Crippen LogP contribution in [0.5, 0.6) is 0 Å². The summed E-state index contributed by atoms with van der Waals surface area (Å²) in [5.74, 6) is -0.444. The molecule has 0 saturated heterocycles. The summed E-state index contributed by atoms with van der Waals surface area (Å²) >= 11 is 1.29. The van der Waals surface area contributed by atoms with Crippen molar-refractivity contribution in [3.63, 3.8) is 0 Å². The van der Waals surface area contributed by atoms with Gasteiger partial charge in [-0.15, -0.1) is 0 Å². The molecule has 1 heterocycles. The molecule has 0 unspecified atom stereocenters. The van der Waals surface area contributed by atoms with Crippen molar-refractivity contribution in [2.24, 2.45) is 0 Å². The van der Waals surface area contributed by atoms with Gasteiger partial charge in [0.05, 0.1) is 0 Å². The maximum Gasteiger partial charge on any atom is 0.238 e. The molecular formula is C17H15FN4OS. The van der Waals surface area contributed by atoms with E-state index in [0.29, 0.717) is 11.7 Å². The minimum absolute atomic E-state index is 0.146. The van der Waals surface area contributed by atoms with E-state index < -0.39 is 5.25 Å². The standard InChI is InChI=1S/C17H15FN4OS/c18-14-8-6-12(7-9-14)10-19-16(23)15(13-4-2-1-3-5-13)24-17-20-11-21-22-17/h1-9,11,15H,10H2,(H,19,23)(H,20,21,22)/t15-/m1/s1. The zero-order chi connectivity index (χ0) is 16.8. The Labute approximate surface area is 142 Å². The molecule has 0 bridgehead atoms. The van der Waals surface area contributed by atoms with Crippen LogP contribution in [-0.2, 0) is 11.3 Å². The summed E-state index contributed by atoms with van der Waals surface area (Å²) in [5.41, 5.74) is 1.71. The van der Waals surface area contributed by atoms with Gasteiger partial charge in [0, 0.05) is 6.54 Å². The third kappa shape index (κ3) is 4.20. The lowest BCUT2D eigenvalue weighted by molar-refractivity contribution is -0.120. The van der Waals surface area contributed by atoms with Gasteiger partial charge >= 0.3 is 0 Å². The zero-order valence-electron chi connectivity index (χ0n) is 12.6. The number of H-pyrrole nitrogens is 1. The van der Waals surface area contributed by atoms with Crippen LogP contribution in [0.4, 0.5) is 4.39 Å². The van der Waals surface area contributed by atoms with Crippen LogP contribution in [-0.4, -0.2) is 21.1 Å². The first-order valence-electron chi connectivity index (χ1n) is 7.31. The molecule has 122 valence electrons. The molecule has 5 nitrogen and oxygen atoms in total. The van der Waals surface area contributed by atoms with Crippen LogP contribution in [0, 0.1) is 5.82 Å². The first-order chi connectivity index (χ1) is 11.7. The van der Waals surface area contributed by atoms with E-state index in [1.807, 2.05) is 30.3 Å². The second kappa shape index (κ2) is 7.74. The van der Waals surface area contributed by atoms with Crippen LogP contribution in [0.1, 0.15) is 16.4 Å². The Morgan fingerprint density at radius 3 is 2.58 bits per heavy atom. The molecule has 7 heteroatoms. The van der Waals surface area contributed by atoms with Gasteiger partial charge in [-0.2, -0.15) is 5.10 Å². The molecular weight excluding hydrogens is 327 g/mol. The summed E-state index contributed by atoms with van der Waals surface area (Å²) < 4.78 is 12.9. The predicted molar refractivity (Wildman–Crippen MR) is 89.7 cm³/mol. The van der Waals surface area contributed by atoms with Gasteiger partial charge in [-0.3, -0.25) is 9.89 Å². The number of nitrogens with zero attached hydrogens (tertiary/aromatic N) is 2. The monoisotopic (exact) mass is 342 g/mol. The summed E-state index contributed by atoms with van der Waals surface area (Å²) in [6.45, 7) is 0.333. The second-order valence-corrected chi connectivity index (χ2v) is 6.14. The highest BCUT2D eigenvalue weighted by Crippen LogP contribution is 2.33. The predicted octanol–water partition coefficient (Wildman–Crippen LogP) is 3.09. The highest BCUT2D eigenvalue weighted by atomic mass is 32.2. The van der Waals surface area contributed by atoms with Gasteiger partial charge in [0.15, 0.2) is 5.16 Å². The summed E-state index contributed by atoms with van der Waals surface area (Å²) in [4.78, 5) is 16.7. The van der Waals surface area contributed by atoms with E-state index in [-0.39, 0.29) is 11.7 Å². The topological polar surface area (TPSA) is 70.7 Å². The number of nitrogens with one attached hydrogen (secondary N) is 2. The number of halogens is 1. The number of aromatic nitrogens is 3. The fourth-order valence-electron chi connectivity index (χ4n) is 2.15. The van der Waals surface area contributed by atoms with Crippen LogP contribution >= 0.6 is 11.8 Å². The fourth-order valence-corrected chi connectivity index (χ4v) is 3.07. The Bertz CT molecular complexity index is 778. The molecule has 0 saturated carbocycles. The number of thioether (sulfide) groups is 1. The molecule has 0 aliphatic rings. The van der Waals surface area contributed by atoms with Crippen molar-refractivity contribution in [1.29, 1.82) is 0 Å². The van der Waals surface area contributed by atoms with E-state index in [1.165, 1.54) is 30.2 Å². The molecule has 1 aromatic heterocycles. The van der Waals surface area contributed by atoms with E-state index >= 15 is 0 Å². The minimum Gasteiger partial charge on any atom is -0.351 e. The average molecular weight is 342 g/mol. The molecule has 3 rings (SSSR count). The maximum absolute atomic E-state index is 12.9. The van der Waals surface area contributed by atoms with Gasteiger partial charge < -0.3 is 5.32 Å². The second-order valence-electron chi connectivity index (χ2n) is 5.04. The first-order valence-corrected chi connectivity index (χ1v) is 8.19. The van der Waals surface area contributed by atoms with Crippen molar-refractivity contribution in [2.45, 2.75) is 17.0 Å². The average Bonchev–Trinajstić information content (AvgIpc) is 3.13. The normalized spacial score (nSPS) is 11.9. The SMILES string of the molecule is O=C(NCc1ccc(F)cc1)[C@H](Sc1ncn[nH]1)c1ccccc1. The van der Waals surface area contributed by atoms with E-state index in [0.717, 1.165) is 11.1 Å². The Kier molecular flexibility index (Phi) is 5.22. The van der Waals surface area contributed by atoms with Crippen molar-refractivity contribution in [3.05, 3.63) is 77.9 Å². The number of aromatic amines is 1. The van der Waals surface area contributed by atoms with Crippen molar-refractivity contribution in [1.82, 2.24) is 20.5 Å². The molecule has 24 heavy (non-hydrogen) atoms. The number of hydrogen-bond donors (Lipinski definition) is 2. The van der Waals surface area contributed by atoms with Crippen molar-refractivity contribution in [3.8, 4) is 0 Å². The van der Waals surface area contributed by atoms with Crippen LogP contribution in [0.2, 0.25) is 0 Å². The Morgan fingerprint density at radius 1 is 1.17 bits per heavy atom. The highest BCUT2D eigenvalue weighted by Gasteiger charge is 2.23. The molecule has 2 aromatic carbocycles. The van der Waals surface area contributed by atoms with Gasteiger partial charge in [-0.05, 0) is 23.3 Å². The molecule has 0 aliphatic carbocycles. The molecule has 2 N–H and O–H groups in total. The molecule has 0 radical (unpaired) electrons. The van der Waals surface area contributed by atoms with Gasteiger partial charge in [0.1, 0.15) is 17.4 Å². The fraction of sp³-hybridized carbons (Fsp3) is 0.118. The summed E-state index contributed by atoms with van der Waals surface area (Å²) in [5, 5.41) is 9.55. The lowest BCUT2D eigenvalue weighted by Crippen LogP contribution is -2.27. The number of carbonyl (C=O) groups excluding carboxylic acids is 1. The summed E-state index contributed by atoms with van der Waals surface area (Å²) in [6, 6.07) is 15.5. The van der Waals surface area contributed by atoms with Gasteiger partial charge in [-0.1, -0.05) is 54.2 Å². The molecule has 1 amide bonds. The van der Waals surface area contributed by atoms with E-state index in [1.54, 1.807) is 12.1 Å². The first kappa shape index (κ1) is 16.2. The van der Waals surface area contributed by atoms with Gasteiger partial charge in [0.2, 0.25) is 5.91 Å². The van der Waals surface area contributed by atoms with Crippen LogP contribution < -0.4 is 5.32 Å². The summed E-state index contributed by atoms with van der Waals surface area (Å²) in [6.07, 6.45) is 1.40. The Morgan fingerprint density at radius 2 is 1.92 bits per heavy atom. The largest absolute Gasteiger partial charge is 0.351 e. The lowest BCUT2D eigenvalue weighted by atomic mass is 10.1. The van der Waals surface area contributed by atoms with Crippen molar-refractivity contribution in [2.75, 3.05) is 0 Å². The lowest BCUT2D eigenvalue weighted by Gasteiger charge is -2.15. The molecule has 0 spiro atoms. The van der Waals surface area contributed by atoms with Gasteiger partial charge in [-0.25, -0.2) is 9.37 Å². The smallest absolute Gasteiger partial charge is 0.238 e. The molecule has 0 fully saturated rings. The van der Waals surface area contributed by atoms with E-state index in [4.69, 9.17) is 0 Å². The van der Waals surface area contributed by atoms with Crippen LogP contribution in [0.25, 0.3) is 0 Å². The maximum atomic E-state index is 12.9. The molecule has 3 aromatic rings. The van der Waals surface area contributed by atoms with E-state index in [9.17, 15) is 9.18 Å². The molecule has 1 atom stereocenters.